The molecule has 0 amide bonds. The molecule has 4 nitrogen and oxygen atoms in total. The molecule has 0 radical (unpaired) electrons. The minimum atomic E-state index is -0.0987. The number of hydrogen-bond acceptors (Lipinski definition) is 4. The summed E-state index contributed by atoms with van der Waals surface area (Å²) < 4.78 is 0. The van der Waals surface area contributed by atoms with E-state index in [1.807, 2.05) is 0 Å². The third-order valence-corrected chi connectivity index (χ3v) is 15.9. The van der Waals surface area contributed by atoms with Crippen molar-refractivity contribution in [3.63, 3.8) is 0 Å². The zero-order chi connectivity index (χ0) is 50.9. The van der Waals surface area contributed by atoms with Crippen molar-refractivity contribution in [2.45, 2.75) is 59.3 Å². The summed E-state index contributed by atoms with van der Waals surface area (Å²) in [7, 11) is 0. The Morgan fingerprint density at radius 2 is 0.640 bits per heavy atom. The monoisotopic (exact) mass is 967 g/mol. The van der Waals surface area contributed by atoms with Gasteiger partial charge >= 0.3 is 0 Å². The van der Waals surface area contributed by atoms with Crippen LogP contribution in [-0.4, -0.2) is 13.4 Å². The molecule has 3 aliphatic rings. The van der Waals surface area contributed by atoms with E-state index in [9.17, 15) is 0 Å². The predicted molar refractivity (Wildman–Crippen MR) is 323 cm³/mol. The molecule has 0 fully saturated rings. The highest BCUT2D eigenvalue weighted by molar-refractivity contribution is 7.01. The summed E-state index contributed by atoms with van der Waals surface area (Å²) in [5, 5.41) is 0. The minimum absolute atomic E-state index is 0.0442. The largest absolute Gasteiger partial charge is 0.312 e. The molecule has 75 heavy (non-hydrogen) atoms. The van der Waals surface area contributed by atoms with Crippen molar-refractivity contribution < 1.29 is 0 Å². The van der Waals surface area contributed by atoms with Gasteiger partial charge in [0.25, 0.3) is 6.71 Å². The summed E-state index contributed by atoms with van der Waals surface area (Å²) >= 11 is 0. The third-order valence-electron chi connectivity index (χ3n) is 15.9. The van der Waals surface area contributed by atoms with E-state index in [4.69, 9.17) is 0 Å². The molecule has 0 bridgehead atoms. The summed E-state index contributed by atoms with van der Waals surface area (Å²) in [4.78, 5) is 10.1. The molecular formula is C69H60B2N4. The Bertz CT molecular complexity index is 3660. The number of hydrogen-bond donors (Lipinski definition) is 0. The van der Waals surface area contributed by atoms with Gasteiger partial charge < -0.3 is 19.6 Å². The maximum Gasteiger partial charge on any atom is 0.252 e. The Labute approximate surface area is 444 Å². The Morgan fingerprint density at radius 3 is 1.04 bits per heavy atom. The number of fused-ring (bicyclic) bond motifs is 6. The van der Waals surface area contributed by atoms with Crippen molar-refractivity contribution in [3.8, 4) is 0 Å². The Morgan fingerprint density at radius 1 is 0.293 bits per heavy atom. The second kappa shape index (κ2) is 18.8. The van der Waals surface area contributed by atoms with Gasteiger partial charge in [0.05, 0.1) is 5.69 Å². The highest BCUT2D eigenvalue weighted by atomic mass is 15.2. The molecule has 362 valence electrons. The van der Waals surface area contributed by atoms with Crippen LogP contribution in [0.1, 0.15) is 76.0 Å². The lowest BCUT2D eigenvalue weighted by molar-refractivity contribution is 0.812. The molecule has 0 spiro atoms. The average molecular weight is 967 g/mol. The molecule has 0 saturated carbocycles. The Kier molecular flexibility index (Phi) is 11.6. The van der Waals surface area contributed by atoms with E-state index in [1.165, 1.54) is 72.2 Å². The lowest BCUT2D eigenvalue weighted by atomic mass is 9.31. The first kappa shape index (κ1) is 46.3. The maximum absolute atomic E-state index is 2.62. The van der Waals surface area contributed by atoms with E-state index in [-0.39, 0.29) is 13.4 Å². The van der Waals surface area contributed by atoms with Crippen molar-refractivity contribution >= 4 is 114 Å². The number of nitrogens with zero attached hydrogens (tertiary/aromatic N) is 4. The fraction of sp³-hybridized carbons (Fsp3) is 0.130. The van der Waals surface area contributed by atoms with Gasteiger partial charge in [-0.3, -0.25) is 0 Å². The van der Waals surface area contributed by atoms with Gasteiger partial charge in [0.2, 0.25) is 6.71 Å². The summed E-state index contributed by atoms with van der Waals surface area (Å²) in [5.74, 6) is 1.03. The van der Waals surface area contributed by atoms with E-state index in [0.29, 0.717) is 17.8 Å². The van der Waals surface area contributed by atoms with Gasteiger partial charge in [-0.05, 0) is 159 Å². The van der Waals surface area contributed by atoms with Crippen molar-refractivity contribution in [2.75, 3.05) is 19.6 Å². The fourth-order valence-corrected chi connectivity index (χ4v) is 12.6. The number of rotatable bonds is 10. The van der Waals surface area contributed by atoms with Gasteiger partial charge in [-0.15, -0.1) is 0 Å². The molecule has 0 aliphatic carbocycles. The van der Waals surface area contributed by atoms with Crippen molar-refractivity contribution in [1.29, 1.82) is 0 Å². The quantitative estimate of drug-likeness (QED) is 0.127. The highest BCUT2D eigenvalue weighted by Crippen LogP contribution is 2.49. The molecule has 6 heteroatoms. The summed E-state index contributed by atoms with van der Waals surface area (Å²) in [6.07, 6.45) is 0. The minimum Gasteiger partial charge on any atom is -0.312 e. The van der Waals surface area contributed by atoms with Gasteiger partial charge in [-0.2, -0.15) is 0 Å². The maximum atomic E-state index is 2.62. The lowest BCUT2D eigenvalue weighted by Crippen LogP contribution is -2.63. The van der Waals surface area contributed by atoms with E-state index in [1.54, 1.807) is 0 Å². The van der Waals surface area contributed by atoms with E-state index in [0.717, 1.165) is 45.5 Å². The SMILES string of the molecule is CC(C)c1cc(C(C)C)c(B2c3ccccc3N(c3ccccc3)c3cc4c(cc32)N(c2ccccc2)c2cc(N(c3ccccc3)c3ccccc3)cc3c2B4c2ccccc2N3c2ccccc2)c(C(C)C)c1. The van der Waals surface area contributed by atoms with Crippen LogP contribution in [0.25, 0.3) is 0 Å². The number of anilines is 12. The van der Waals surface area contributed by atoms with Crippen LogP contribution >= 0.6 is 0 Å². The van der Waals surface area contributed by atoms with Crippen LogP contribution in [0.3, 0.4) is 0 Å². The first-order valence-electron chi connectivity index (χ1n) is 26.9. The first-order chi connectivity index (χ1) is 36.7. The van der Waals surface area contributed by atoms with E-state index in [2.05, 4.69) is 298 Å². The van der Waals surface area contributed by atoms with Crippen molar-refractivity contribution in [2.24, 2.45) is 0 Å². The molecule has 0 atom stereocenters. The fourth-order valence-electron chi connectivity index (χ4n) is 12.6. The molecule has 10 aromatic rings. The van der Waals surface area contributed by atoms with Crippen LogP contribution < -0.4 is 52.4 Å². The Balaban J connectivity index is 1.18. The van der Waals surface area contributed by atoms with Crippen LogP contribution in [0.15, 0.2) is 237 Å². The van der Waals surface area contributed by atoms with Crippen LogP contribution in [0.2, 0.25) is 0 Å². The molecule has 3 heterocycles. The van der Waals surface area contributed by atoms with Crippen molar-refractivity contribution in [1.82, 2.24) is 0 Å². The van der Waals surface area contributed by atoms with Gasteiger partial charge in [-0.25, -0.2) is 0 Å². The predicted octanol–water partition coefficient (Wildman–Crippen LogP) is 14.9. The lowest BCUT2D eigenvalue weighted by Gasteiger charge is -2.46. The van der Waals surface area contributed by atoms with Gasteiger partial charge in [0.1, 0.15) is 0 Å². The molecule has 0 aromatic heterocycles. The smallest absolute Gasteiger partial charge is 0.252 e. The van der Waals surface area contributed by atoms with Crippen LogP contribution in [0, 0.1) is 0 Å². The highest BCUT2D eigenvalue weighted by Gasteiger charge is 2.47. The van der Waals surface area contributed by atoms with Gasteiger partial charge in [0, 0.05) is 62.6 Å². The standard InChI is InChI=1S/C69H60B2N4/c1-46(2)49-40-56(47(3)4)68(57(41-49)48(5)6)70-58-36-22-24-38-62(58)73(52-30-16-9-17-31-52)64-45-61-65(44-60(64)70)75(54-34-20-11-21-35-54)67-43-55(72(50-26-12-7-13-27-50)51-28-14-8-15-29-51)42-66-69(67)71(61)59-37-23-25-39-63(59)74(66)53-32-18-10-19-33-53/h7-48H,1-6H3. The van der Waals surface area contributed by atoms with Crippen LogP contribution in [0.4, 0.5) is 68.2 Å². The third kappa shape index (κ3) is 7.68. The van der Waals surface area contributed by atoms with E-state index >= 15 is 0 Å². The number of benzene rings is 10. The second-order valence-corrected chi connectivity index (χ2v) is 21.4. The molecule has 0 unspecified atom stereocenters. The van der Waals surface area contributed by atoms with Crippen LogP contribution in [-0.2, 0) is 0 Å². The number of para-hydroxylation sites is 7. The average Bonchev–Trinajstić information content (AvgIpc) is 3.51. The summed E-state index contributed by atoms with van der Waals surface area (Å²) in [5.41, 5.74) is 26.0. The van der Waals surface area contributed by atoms with Crippen LogP contribution in [0.5, 0.6) is 0 Å². The summed E-state index contributed by atoms with van der Waals surface area (Å²) in [6, 6.07) is 88.4. The molecule has 3 aliphatic heterocycles. The Hall–Kier alpha value is -8.47. The van der Waals surface area contributed by atoms with Crippen molar-refractivity contribution in [3.05, 3.63) is 253 Å². The zero-order valence-corrected chi connectivity index (χ0v) is 43.7. The summed E-state index contributed by atoms with van der Waals surface area (Å²) in [6.45, 7) is 14.1. The first-order valence-corrected chi connectivity index (χ1v) is 26.9. The normalized spacial score (nSPS) is 13.2. The van der Waals surface area contributed by atoms with Gasteiger partial charge in [-0.1, -0.05) is 187 Å². The molecule has 0 N–H and O–H groups in total. The zero-order valence-electron chi connectivity index (χ0n) is 43.7. The molecular weight excluding hydrogens is 906 g/mol. The van der Waals surface area contributed by atoms with E-state index < -0.39 is 0 Å². The van der Waals surface area contributed by atoms with Gasteiger partial charge in [0.15, 0.2) is 0 Å². The molecule has 13 rings (SSSR count). The second-order valence-electron chi connectivity index (χ2n) is 21.4. The molecule has 10 aromatic carbocycles. The topological polar surface area (TPSA) is 13.0 Å². The molecule has 0 saturated heterocycles.